The fourth-order valence-electron chi connectivity index (χ4n) is 1.83. The second-order valence-corrected chi connectivity index (χ2v) is 4.14. The zero-order valence-corrected chi connectivity index (χ0v) is 10.3. The molecular formula is C12H7F4N5. The first-order valence-corrected chi connectivity index (χ1v) is 5.77. The van der Waals surface area contributed by atoms with E-state index in [-0.39, 0.29) is 17.9 Å². The zero-order chi connectivity index (χ0) is 15.0. The summed E-state index contributed by atoms with van der Waals surface area (Å²) in [4.78, 5) is 14.5. The van der Waals surface area contributed by atoms with Gasteiger partial charge in [-0.1, -0.05) is 0 Å². The number of nitrogens with zero attached hydrogens (tertiary/aromatic N) is 3. The Labute approximate surface area is 115 Å². The van der Waals surface area contributed by atoms with Crippen molar-refractivity contribution in [3.8, 4) is 0 Å². The predicted molar refractivity (Wildman–Crippen MR) is 65.3 cm³/mol. The van der Waals surface area contributed by atoms with Gasteiger partial charge < -0.3 is 10.3 Å². The molecule has 1 aromatic carbocycles. The Morgan fingerprint density at radius 1 is 1.00 bits per heavy atom. The first kappa shape index (κ1) is 13.3. The van der Waals surface area contributed by atoms with Gasteiger partial charge in [0.1, 0.15) is 11.8 Å². The second-order valence-electron chi connectivity index (χ2n) is 4.14. The number of imidazole rings is 1. The van der Waals surface area contributed by atoms with E-state index in [2.05, 4.69) is 25.3 Å². The molecule has 0 unspecified atom stereocenters. The maximum atomic E-state index is 13.5. The van der Waals surface area contributed by atoms with Gasteiger partial charge in [-0.3, -0.25) is 0 Å². The van der Waals surface area contributed by atoms with Crippen molar-refractivity contribution < 1.29 is 17.6 Å². The first-order valence-electron chi connectivity index (χ1n) is 5.77. The summed E-state index contributed by atoms with van der Waals surface area (Å²) in [5.74, 6) is -6.31. The minimum Gasteiger partial charge on any atom is -0.364 e. The van der Waals surface area contributed by atoms with Crippen LogP contribution in [0.15, 0.2) is 18.7 Å². The van der Waals surface area contributed by atoms with E-state index in [9.17, 15) is 17.6 Å². The highest BCUT2D eigenvalue weighted by Gasteiger charge is 2.18. The van der Waals surface area contributed by atoms with Crippen LogP contribution < -0.4 is 5.32 Å². The van der Waals surface area contributed by atoms with E-state index in [1.54, 1.807) is 0 Å². The van der Waals surface area contributed by atoms with Crippen LogP contribution in [0.1, 0.15) is 5.56 Å². The molecule has 2 N–H and O–H groups in total. The van der Waals surface area contributed by atoms with Crippen LogP contribution in [0.2, 0.25) is 0 Å². The van der Waals surface area contributed by atoms with E-state index in [1.165, 1.54) is 12.7 Å². The third-order valence-corrected chi connectivity index (χ3v) is 2.85. The number of hydrogen-bond donors (Lipinski definition) is 2. The van der Waals surface area contributed by atoms with Crippen LogP contribution in [-0.4, -0.2) is 19.9 Å². The predicted octanol–water partition coefficient (Wildman–Crippen LogP) is 2.52. The highest BCUT2D eigenvalue weighted by molar-refractivity contribution is 5.81. The molecule has 0 radical (unpaired) electrons. The summed E-state index contributed by atoms with van der Waals surface area (Å²) in [6.45, 7) is -0.287. The normalized spacial score (nSPS) is 11.0. The molecule has 3 rings (SSSR count). The smallest absolute Gasteiger partial charge is 0.197 e. The van der Waals surface area contributed by atoms with Crippen LogP contribution in [0, 0.1) is 23.3 Å². The summed E-state index contributed by atoms with van der Waals surface area (Å²) in [6.07, 6.45) is 2.62. The molecule has 0 aliphatic carbocycles. The Balaban J connectivity index is 1.90. The largest absolute Gasteiger partial charge is 0.364 e. The summed E-state index contributed by atoms with van der Waals surface area (Å²) in [5.41, 5.74) is 0.475. The molecule has 108 valence electrons. The van der Waals surface area contributed by atoms with Crippen LogP contribution in [0.3, 0.4) is 0 Å². The number of halogens is 4. The van der Waals surface area contributed by atoms with Crippen LogP contribution in [0.25, 0.3) is 11.2 Å². The lowest BCUT2D eigenvalue weighted by Gasteiger charge is -2.08. The minimum atomic E-state index is -1.85. The molecule has 0 fully saturated rings. The third kappa shape index (κ3) is 2.26. The molecule has 0 bridgehead atoms. The number of aromatic nitrogens is 4. The maximum absolute atomic E-state index is 13.5. The number of hydrogen-bond acceptors (Lipinski definition) is 4. The molecule has 2 heterocycles. The average molecular weight is 297 g/mol. The van der Waals surface area contributed by atoms with Gasteiger partial charge >= 0.3 is 0 Å². The zero-order valence-electron chi connectivity index (χ0n) is 10.3. The van der Waals surface area contributed by atoms with Crippen LogP contribution in [0.4, 0.5) is 23.4 Å². The van der Waals surface area contributed by atoms with Gasteiger partial charge in [-0.25, -0.2) is 32.5 Å². The first-order chi connectivity index (χ1) is 10.1. The van der Waals surface area contributed by atoms with Crippen molar-refractivity contribution in [2.75, 3.05) is 5.32 Å². The number of rotatable bonds is 3. The summed E-state index contributed by atoms with van der Waals surface area (Å²) in [5, 5.41) is 2.69. The molecular weight excluding hydrogens is 290 g/mol. The van der Waals surface area contributed by atoms with E-state index < -0.39 is 23.3 Å². The van der Waals surface area contributed by atoms with Crippen molar-refractivity contribution in [2.24, 2.45) is 0 Å². The van der Waals surface area contributed by atoms with E-state index in [0.717, 1.165) is 0 Å². The molecule has 0 saturated heterocycles. The molecule has 9 heteroatoms. The summed E-state index contributed by atoms with van der Waals surface area (Å²) in [7, 11) is 0. The van der Waals surface area contributed by atoms with Crippen molar-refractivity contribution in [1.29, 1.82) is 0 Å². The number of H-pyrrole nitrogens is 1. The SMILES string of the molecule is Fc1cc(CNc2ncnc3nc[nH]c23)c(F)c(F)c1F. The summed E-state index contributed by atoms with van der Waals surface area (Å²) in [6, 6.07) is 0.589. The van der Waals surface area contributed by atoms with Crippen molar-refractivity contribution >= 4 is 17.0 Å². The molecule has 0 aliphatic heterocycles. The fraction of sp³-hybridized carbons (Fsp3) is 0.0833. The lowest BCUT2D eigenvalue weighted by molar-refractivity contribution is 0.404. The van der Waals surface area contributed by atoms with Crippen LogP contribution in [-0.2, 0) is 6.54 Å². The van der Waals surface area contributed by atoms with E-state index in [0.29, 0.717) is 17.2 Å². The summed E-state index contributed by atoms with van der Waals surface area (Å²) >= 11 is 0. The van der Waals surface area contributed by atoms with Crippen molar-refractivity contribution in [3.63, 3.8) is 0 Å². The van der Waals surface area contributed by atoms with Gasteiger partial charge in [0.15, 0.2) is 34.7 Å². The van der Waals surface area contributed by atoms with Gasteiger partial charge in [-0.15, -0.1) is 0 Å². The van der Waals surface area contributed by atoms with Gasteiger partial charge in [-0.05, 0) is 6.07 Å². The third-order valence-electron chi connectivity index (χ3n) is 2.85. The average Bonchev–Trinajstić information content (AvgIpc) is 2.96. The van der Waals surface area contributed by atoms with E-state index >= 15 is 0 Å². The number of nitrogens with one attached hydrogen (secondary N) is 2. The Bertz CT molecular complexity index is 817. The maximum Gasteiger partial charge on any atom is 0.197 e. The molecule has 0 aliphatic rings. The van der Waals surface area contributed by atoms with Gasteiger partial charge in [0, 0.05) is 12.1 Å². The molecule has 0 saturated carbocycles. The van der Waals surface area contributed by atoms with Gasteiger partial charge in [0.25, 0.3) is 0 Å². The van der Waals surface area contributed by atoms with Crippen molar-refractivity contribution in [1.82, 2.24) is 19.9 Å². The van der Waals surface area contributed by atoms with Crippen LogP contribution in [0.5, 0.6) is 0 Å². The Hall–Kier alpha value is -2.71. The van der Waals surface area contributed by atoms with Crippen molar-refractivity contribution in [2.45, 2.75) is 6.54 Å². The standard InChI is InChI=1S/C12H7F4N5/c13-6-1-5(7(14)9(16)8(6)15)2-17-11-10-12(19-3-18-10)21-4-20-11/h1,3-4H,2H2,(H2,17,18,19,20,21). The highest BCUT2D eigenvalue weighted by Crippen LogP contribution is 2.21. The Morgan fingerprint density at radius 2 is 1.81 bits per heavy atom. The molecule has 0 spiro atoms. The number of anilines is 1. The lowest BCUT2D eigenvalue weighted by Crippen LogP contribution is -2.08. The van der Waals surface area contributed by atoms with Crippen molar-refractivity contribution in [3.05, 3.63) is 47.6 Å². The lowest BCUT2D eigenvalue weighted by atomic mass is 10.2. The number of aromatic amines is 1. The molecule has 5 nitrogen and oxygen atoms in total. The number of fused-ring (bicyclic) bond motifs is 1. The fourth-order valence-corrected chi connectivity index (χ4v) is 1.83. The number of benzene rings is 1. The Morgan fingerprint density at radius 3 is 2.62 bits per heavy atom. The van der Waals surface area contributed by atoms with E-state index in [1.807, 2.05) is 0 Å². The Kier molecular flexibility index (Phi) is 3.16. The molecule has 0 atom stereocenters. The van der Waals surface area contributed by atoms with Gasteiger partial charge in [0.05, 0.1) is 6.33 Å². The molecule has 3 aromatic rings. The van der Waals surface area contributed by atoms with E-state index in [4.69, 9.17) is 0 Å². The molecule has 21 heavy (non-hydrogen) atoms. The molecule has 2 aromatic heterocycles. The van der Waals surface area contributed by atoms with Crippen LogP contribution >= 0.6 is 0 Å². The highest BCUT2D eigenvalue weighted by atomic mass is 19.2. The quantitative estimate of drug-likeness (QED) is 0.443. The summed E-state index contributed by atoms with van der Waals surface area (Å²) < 4.78 is 52.6. The second kappa shape index (κ2) is 5.00. The van der Waals surface area contributed by atoms with Gasteiger partial charge in [-0.2, -0.15) is 0 Å². The van der Waals surface area contributed by atoms with Gasteiger partial charge in [0.2, 0.25) is 0 Å². The minimum absolute atomic E-state index is 0.280. The molecule has 0 amide bonds. The topological polar surface area (TPSA) is 66.5 Å². The monoisotopic (exact) mass is 297 g/mol.